The number of carboxylic acids is 1. The number of carbonyl (C=O) groups is 10. The van der Waals surface area contributed by atoms with Crippen molar-refractivity contribution in [1.29, 1.82) is 0 Å². The fourth-order valence-electron chi connectivity index (χ4n) is 11.8. The molecule has 3 aromatic rings. The largest absolute Gasteiger partial charge is 0.490 e. The molecule has 4 rings (SSSR count). The number of likely N-dealkylation sites (N-methyl/N-ethyl adjacent to an activating group) is 1. The third kappa shape index (κ3) is 36.4. The molecule has 111 heavy (non-hydrogen) atoms. The number of anilines is 1. The van der Waals surface area contributed by atoms with Crippen LogP contribution in [0.4, 0.5) is 28.4 Å². The molecule has 0 aliphatic carbocycles. The smallest absolute Gasteiger partial charge is 0.475 e. The number of ether oxygens (including phenoxy) is 9. The van der Waals surface area contributed by atoms with Gasteiger partial charge in [0.1, 0.15) is 35.3 Å². The Bertz CT molecular complexity index is 3260. The van der Waals surface area contributed by atoms with E-state index in [9.17, 15) is 56.3 Å². The number of hydrogen-bond donors (Lipinski definition) is 10. The van der Waals surface area contributed by atoms with Crippen LogP contribution in [0.3, 0.4) is 0 Å². The highest BCUT2D eigenvalue weighted by molar-refractivity contribution is 7.09. The average Bonchev–Trinajstić information content (AvgIpc) is 1.80. The fraction of sp³-hybridized carbons (Fsp3) is 0.667. The van der Waals surface area contributed by atoms with E-state index in [0.29, 0.717) is 109 Å². The van der Waals surface area contributed by atoms with E-state index in [-0.39, 0.29) is 88.3 Å². The SMILES string of the molecule is CC[C@H](C)[C@@H]([C@@H](CC(=O)N1CCC[C@H]1[C@H](OC)[C@@H](C)C(=O)N[C@@H](Cc1ccccc1)c1nccs1)OC)N(C)C(=O)[C@@H](NC(=O)C(C)(C)NC(=O)OCc1ccc(NC(=O)[C@H](CCCNC(N)=O)NC(=O)[C@@H](NC(=O)CCOCCOCCOCCOCCOCCOCCN)C(C)C)cc1)C(C)C.O=C(O)C(F)(F)F. The molecule has 1 fully saturated rings. The summed E-state index contributed by atoms with van der Waals surface area (Å²) in [6, 6.07) is 10.9. The summed E-state index contributed by atoms with van der Waals surface area (Å²) in [4.78, 5) is 140. The number of rotatable bonds is 52. The zero-order valence-electron chi connectivity index (χ0n) is 66.0. The van der Waals surface area contributed by atoms with Gasteiger partial charge in [0.25, 0.3) is 0 Å². The number of benzene rings is 2. The van der Waals surface area contributed by atoms with Crippen molar-refractivity contribution in [3.63, 3.8) is 0 Å². The minimum Gasteiger partial charge on any atom is -0.475 e. The van der Waals surface area contributed by atoms with Gasteiger partial charge in [-0.2, -0.15) is 13.2 Å². The van der Waals surface area contributed by atoms with Gasteiger partial charge in [-0.1, -0.05) is 97.4 Å². The van der Waals surface area contributed by atoms with Gasteiger partial charge < -0.3 is 106 Å². The monoisotopic (exact) mass is 1600 g/mol. The number of nitrogens with one attached hydrogen (secondary N) is 7. The zero-order valence-corrected chi connectivity index (χ0v) is 66.8. The number of amides is 10. The van der Waals surface area contributed by atoms with E-state index in [1.54, 1.807) is 82.1 Å². The van der Waals surface area contributed by atoms with E-state index in [4.69, 9.17) is 64.0 Å². The Balaban J connectivity index is 0.00000433. The number of halogens is 3. The highest BCUT2D eigenvalue weighted by Crippen LogP contribution is 2.31. The first kappa shape index (κ1) is 97.0. The third-order valence-electron chi connectivity index (χ3n) is 18.1. The topological polar surface area (TPSA) is 430 Å². The van der Waals surface area contributed by atoms with Crippen LogP contribution < -0.4 is 48.7 Å². The molecule has 0 radical (unpaired) electrons. The number of primary amides is 1. The maximum Gasteiger partial charge on any atom is 0.490 e. The second-order valence-corrected chi connectivity index (χ2v) is 28.6. The molecule has 0 saturated carbocycles. The van der Waals surface area contributed by atoms with Crippen molar-refractivity contribution >= 4 is 76.5 Å². The number of alkyl halides is 3. The van der Waals surface area contributed by atoms with Gasteiger partial charge in [-0.15, -0.1) is 11.3 Å². The first-order chi connectivity index (χ1) is 52.7. The molecule has 0 unspecified atom stereocenters. The number of nitrogens with zero attached hydrogens (tertiary/aromatic N) is 3. The van der Waals surface area contributed by atoms with Crippen molar-refractivity contribution in [3.05, 3.63) is 82.3 Å². The van der Waals surface area contributed by atoms with Crippen molar-refractivity contribution < 1.29 is 109 Å². The quantitative estimate of drug-likeness (QED) is 0.0316. The number of carbonyl (C=O) groups excluding carboxylic acids is 9. The molecule has 1 aliphatic rings. The lowest BCUT2D eigenvalue weighted by Gasteiger charge is -2.41. The predicted molar refractivity (Wildman–Crippen MR) is 406 cm³/mol. The number of aromatic nitrogens is 1. The van der Waals surface area contributed by atoms with Crippen LogP contribution in [0, 0.1) is 23.7 Å². The van der Waals surface area contributed by atoms with Crippen molar-refractivity contribution in [2.24, 2.45) is 35.1 Å². The lowest BCUT2D eigenvalue weighted by Crippen LogP contribution is -2.62. The Morgan fingerprint density at radius 3 is 1.79 bits per heavy atom. The highest BCUT2D eigenvalue weighted by atomic mass is 32.1. The number of alkyl carbamates (subject to hydrolysis) is 1. The summed E-state index contributed by atoms with van der Waals surface area (Å²) in [7, 11) is 4.70. The number of hydrogen-bond acceptors (Lipinski definition) is 22. The molecule has 0 bridgehead atoms. The second kappa shape index (κ2) is 52.2. The molecule has 10 amide bonds. The number of likely N-dealkylation sites (tertiary alicyclic amines) is 1. The molecule has 12 N–H and O–H groups in total. The van der Waals surface area contributed by atoms with Crippen molar-refractivity contribution in [2.45, 2.75) is 180 Å². The van der Waals surface area contributed by atoms with Crippen LogP contribution in [0.5, 0.6) is 0 Å². The molecular formula is C75H119F3N12O20S. The van der Waals surface area contributed by atoms with E-state index in [0.717, 1.165) is 10.6 Å². The van der Waals surface area contributed by atoms with Gasteiger partial charge in [0.05, 0.1) is 122 Å². The molecule has 0 spiro atoms. The summed E-state index contributed by atoms with van der Waals surface area (Å²) >= 11 is 1.47. The van der Waals surface area contributed by atoms with Crippen LogP contribution in [0.2, 0.25) is 0 Å². The highest BCUT2D eigenvalue weighted by Gasteiger charge is 2.44. The molecule has 1 saturated heterocycles. The van der Waals surface area contributed by atoms with Crippen LogP contribution >= 0.6 is 11.3 Å². The van der Waals surface area contributed by atoms with Gasteiger partial charge in [0.2, 0.25) is 41.4 Å². The summed E-state index contributed by atoms with van der Waals surface area (Å²) < 4.78 is 82.1. The third-order valence-corrected chi connectivity index (χ3v) is 19.0. The van der Waals surface area contributed by atoms with Crippen LogP contribution in [0.1, 0.15) is 129 Å². The van der Waals surface area contributed by atoms with E-state index >= 15 is 0 Å². The second-order valence-electron chi connectivity index (χ2n) is 27.7. The number of aliphatic carboxylic acids is 1. The van der Waals surface area contributed by atoms with Gasteiger partial charge in [-0.25, -0.2) is 19.4 Å². The van der Waals surface area contributed by atoms with Crippen LogP contribution in [0.15, 0.2) is 66.2 Å². The summed E-state index contributed by atoms with van der Waals surface area (Å²) in [5.41, 5.74) is 10.9. The number of thiazole rings is 1. The van der Waals surface area contributed by atoms with E-state index < -0.39 is 114 Å². The maximum atomic E-state index is 14.8. The predicted octanol–water partition coefficient (Wildman–Crippen LogP) is 5.40. The van der Waals surface area contributed by atoms with Crippen molar-refractivity contribution in [3.8, 4) is 0 Å². The Morgan fingerprint density at radius 2 is 1.29 bits per heavy atom. The number of nitrogens with two attached hydrogens (primary N) is 2. The number of carboxylic acid groups (broad SMARTS) is 1. The Labute approximate surface area is 652 Å². The standard InChI is InChI=1S/C73H118N12O18S.C2HF3O2/c1-13-50(6)63(58(95-11)46-60(87)85-31-18-22-57(85)64(96-12)51(7)65(88)80-56(68-76-30-44-104-68)45-52-19-15-14-16-20-52)84(10)69(91)62(49(4)5)82-70(92)73(8,9)83-72(94)103-47-53-23-25-54(26-24-53)78-66(89)55(21-17-29-77-71(75)93)79-67(90)61(48(2)3)81-59(86)27-32-97-34-36-99-38-40-101-42-43-102-41-39-100-37-35-98-33-28-74;3-2(4,5)1(6)7/h14-16,19-20,23-26,30,44,48-51,55-58,61-64H,13,17-18,21-22,27-29,31-43,45-47,74H2,1-12H3,(H,78,89)(H,79,90)(H,80,88)(H,81,86)(H,82,92)(H,83,94)(H3,75,77,93);(H,6,7)/t50-,51+,55-,56-,57-,58+,61-,62-,63-,64+;/m0./s1. The lowest BCUT2D eigenvalue weighted by molar-refractivity contribution is -0.192. The minimum absolute atomic E-state index is 0.0422. The van der Waals surface area contributed by atoms with Crippen LogP contribution in [0.25, 0.3) is 0 Å². The number of methoxy groups -OCH3 is 2. The van der Waals surface area contributed by atoms with Crippen LogP contribution in [-0.2, 0) is 94.0 Å². The fourth-order valence-corrected chi connectivity index (χ4v) is 12.5. The molecule has 10 atom stereocenters. The molecule has 1 aromatic heterocycles. The summed E-state index contributed by atoms with van der Waals surface area (Å²) in [6.07, 6.45) is -3.00. The Morgan fingerprint density at radius 1 is 0.721 bits per heavy atom. The van der Waals surface area contributed by atoms with Crippen molar-refractivity contribution in [1.82, 2.24) is 46.7 Å². The van der Waals surface area contributed by atoms with Gasteiger partial charge in [0.15, 0.2) is 0 Å². The Hall–Kier alpha value is -8.20. The summed E-state index contributed by atoms with van der Waals surface area (Å²) in [5, 5.41) is 29.3. The van der Waals surface area contributed by atoms with Crippen molar-refractivity contribution in [2.75, 3.05) is 126 Å². The minimum atomic E-state index is -5.08. The summed E-state index contributed by atoms with van der Waals surface area (Å²) in [6.45, 7) is 21.1. The van der Waals surface area contributed by atoms with E-state index in [1.165, 1.54) is 32.3 Å². The zero-order chi connectivity index (χ0) is 82.6. The summed E-state index contributed by atoms with van der Waals surface area (Å²) in [5.74, 6) is -7.53. The molecule has 2 heterocycles. The molecule has 1 aliphatic heterocycles. The molecular weight excluding hydrogens is 1480 g/mol. The van der Waals surface area contributed by atoms with Crippen LogP contribution in [-0.4, -0.2) is 254 Å². The van der Waals surface area contributed by atoms with Gasteiger partial charge in [-0.05, 0) is 87.0 Å². The first-order valence-electron chi connectivity index (χ1n) is 37.3. The van der Waals surface area contributed by atoms with E-state index in [1.807, 2.05) is 56.5 Å². The maximum absolute atomic E-state index is 14.8. The average molecular weight is 1600 g/mol. The van der Waals surface area contributed by atoms with Gasteiger partial charge in [-0.3, -0.25) is 33.6 Å². The molecule has 36 heteroatoms. The number of urea groups is 1. The molecule has 32 nitrogen and oxygen atoms in total. The first-order valence-corrected chi connectivity index (χ1v) is 38.2. The lowest BCUT2D eigenvalue weighted by atomic mass is 9.89. The Kier molecular flexibility index (Phi) is 45.6. The van der Waals surface area contributed by atoms with E-state index in [2.05, 4.69) is 42.2 Å². The van der Waals surface area contributed by atoms with Gasteiger partial charge >= 0.3 is 24.3 Å². The molecule has 626 valence electrons. The molecule has 2 aromatic carbocycles. The normalized spacial score (nSPS) is 15.4. The van der Waals surface area contributed by atoms with Gasteiger partial charge in [0, 0.05) is 64.6 Å².